The van der Waals surface area contributed by atoms with Crippen LogP contribution in [0.15, 0.2) is 18.2 Å². The summed E-state index contributed by atoms with van der Waals surface area (Å²) in [6.45, 7) is 4.61. The molecule has 0 spiro atoms. The summed E-state index contributed by atoms with van der Waals surface area (Å²) in [5.41, 5.74) is 1.06. The van der Waals surface area contributed by atoms with Crippen LogP contribution in [0.4, 0.5) is 0 Å². The zero-order chi connectivity index (χ0) is 14.5. The maximum Gasteiger partial charge on any atom is 0.223 e. The molecular formula is C15H21Cl3N2O. The number of nitrogens with one attached hydrogen (secondary N) is 2. The van der Waals surface area contributed by atoms with Crippen LogP contribution in [0.3, 0.4) is 0 Å². The van der Waals surface area contributed by atoms with Gasteiger partial charge in [0.05, 0.1) is 0 Å². The van der Waals surface area contributed by atoms with E-state index in [-0.39, 0.29) is 30.2 Å². The molecular weight excluding hydrogens is 331 g/mol. The second-order valence-electron chi connectivity index (χ2n) is 5.19. The van der Waals surface area contributed by atoms with Crippen LogP contribution in [-0.2, 0) is 4.79 Å². The van der Waals surface area contributed by atoms with Crippen LogP contribution < -0.4 is 10.6 Å². The Morgan fingerprint density at radius 2 is 1.86 bits per heavy atom. The molecule has 3 nitrogen and oxygen atoms in total. The van der Waals surface area contributed by atoms with E-state index in [9.17, 15) is 4.79 Å². The normalized spacial score (nSPS) is 19.8. The van der Waals surface area contributed by atoms with Crippen LogP contribution in [0.25, 0.3) is 0 Å². The predicted octanol–water partition coefficient (Wildman–Crippen LogP) is 3.63. The summed E-state index contributed by atoms with van der Waals surface area (Å²) in [5, 5.41) is 7.48. The highest BCUT2D eigenvalue weighted by Gasteiger charge is 2.43. The molecule has 1 fully saturated rings. The lowest BCUT2D eigenvalue weighted by Gasteiger charge is -2.06. The third kappa shape index (κ3) is 5.67. The fraction of sp³-hybridized carbons (Fsp3) is 0.533. The number of hydrogen-bond acceptors (Lipinski definition) is 2. The lowest BCUT2D eigenvalue weighted by atomic mass is 10.1. The van der Waals surface area contributed by atoms with Gasteiger partial charge in [0, 0.05) is 29.1 Å². The van der Waals surface area contributed by atoms with E-state index in [4.69, 9.17) is 23.2 Å². The van der Waals surface area contributed by atoms with E-state index in [1.54, 1.807) is 6.07 Å². The molecule has 6 heteroatoms. The molecule has 0 radical (unpaired) electrons. The summed E-state index contributed by atoms with van der Waals surface area (Å²) in [4.78, 5) is 12.0. The van der Waals surface area contributed by atoms with Crippen molar-refractivity contribution in [3.63, 3.8) is 0 Å². The van der Waals surface area contributed by atoms with Gasteiger partial charge in [-0.15, -0.1) is 12.4 Å². The quantitative estimate of drug-likeness (QED) is 0.736. The summed E-state index contributed by atoms with van der Waals surface area (Å²) in [6, 6.07) is 5.51. The van der Waals surface area contributed by atoms with E-state index in [0.29, 0.717) is 16.6 Å². The molecule has 0 heterocycles. The highest BCUT2D eigenvalue weighted by molar-refractivity contribution is 6.34. The zero-order valence-electron chi connectivity index (χ0n) is 12.0. The maximum atomic E-state index is 12.0. The summed E-state index contributed by atoms with van der Waals surface area (Å²) in [6.07, 6.45) is 1.99. The lowest BCUT2D eigenvalue weighted by Crippen LogP contribution is -2.33. The molecule has 1 aliphatic carbocycles. The van der Waals surface area contributed by atoms with Crippen LogP contribution >= 0.6 is 35.6 Å². The Balaban J connectivity index is 0.00000220. The van der Waals surface area contributed by atoms with Crippen molar-refractivity contribution in [3.8, 4) is 0 Å². The van der Waals surface area contributed by atoms with Crippen molar-refractivity contribution < 1.29 is 4.79 Å². The van der Waals surface area contributed by atoms with E-state index in [1.165, 1.54) is 0 Å². The minimum Gasteiger partial charge on any atom is -0.355 e. The van der Waals surface area contributed by atoms with Gasteiger partial charge in [-0.05, 0) is 49.1 Å². The van der Waals surface area contributed by atoms with Crippen molar-refractivity contribution in [2.45, 2.75) is 25.7 Å². The Morgan fingerprint density at radius 3 is 2.48 bits per heavy atom. The molecule has 1 aromatic carbocycles. The smallest absolute Gasteiger partial charge is 0.223 e. The first-order valence-corrected chi connectivity index (χ1v) is 7.82. The second-order valence-corrected chi connectivity index (χ2v) is 6.07. The average molecular weight is 352 g/mol. The van der Waals surface area contributed by atoms with E-state index >= 15 is 0 Å². The third-order valence-corrected chi connectivity index (χ3v) is 3.90. The minimum atomic E-state index is 0. The molecule has 2 atom stereocenters. The standard InChI is InChI=1S/C15H20Cl2N2O.ClH/c1-2-3-18-4-5-19-15(20)14-9-13(14)10-6-11(16)8-12(17)7-10;/h6-8,13-14,18H,2-5,9H2,1H3,(H,19,20);1H. The van der Waals surface area contributed by atoms with Gasteiger partial charge in [0.25, 0.3) is 0 Å². The molecule has 0 bridgehead atoms. The van der Waals surface area contributed by atoms with Crippen molar-refractivity contribution >= 4 is 41.5 Å². The molecule has 21 heavy (non-hydrogen) atoms. The van der Waals surface area contributed by atoms with Gasteiger partial charge in [0.2, 0.25) is 5.91 Å². The van der Waals surface area contributed by atoms with Crippen molar-refractivity contribution in [2.24, 2.45) is 5.92 Å². The number of benzene rings is 1. The van der Waals surface area contributed by atoms with E-state index in [0.717, 1.165) is 31.5 Å². The maximum absolute atomic E-state index is 12.0. The van der Waals surface area contributed by atoms with Gasteiger partial charge in [0.15, 0.2) is 0 Å². The third-order valence-electron chi connectivity index (χ3n) is 3.47. The Bertz CT molecular complexity index is 462. The first-order chi connectivity index (χ1) is 9.61. The molecule has 0 aliphatic heterocycles. The minimum absolute atomic E-state index is 0. The molecule has 2 unspecified atom stereocenters. The molecule has 2 N–H and O–H groups in total. The van der Waals surface area contributed by atoms with Crippen LogP contribution in [0.1, 0.15) is 31.2 Å². The first kappa shape index (κ1) is 18.6. The van der Waals surface area contributed by atoms with Gasteiger partial charge in [-0.25, -0.2) is 0 Å². The highest BCUT2D eigenvalue weighted by Crippen LogP contribution is 2.48. The topological polar surface area (TPSA) is 41.1 Å². The fourth-order valence-corrected chi connectivity index (χ4v) is 2.89. The fourth-order valence-electron chi connectivity index (χ4n) is 2.35. The van der Waals surface area contributed by atoms with E-state index in [1.807, 2.05) is 12.1 Å². The number of hydrogen-bond donors (Lipinski definition) is 2. The molecule has 1 saturated carbocycles. The Morgan fingerprint density at radius 1 is 1.19 bits per heavy atom. The largest absolute Gasteiger partial charge is 0.355 e. The van der Waals surface area contributed by atoms with Crippen LogP contribution in [0.2, 0.25) is 10.0 Å². The average Bonchev–Trinajstić information content (AvgIpc) is 3.17. The SMILES string of the molecule is CCCNCCNC(=O)C1CC1c1cc(Cl)cc(Cl)c1.Cl. The molecule has 2 rings (SSSR count). The molecule has 1 aromatic rings. The Hall–Kier alpha value is -0.480. The first-order valence-electron chi connectivity index (χ1n) is 7.06. The molecule has 1 amide bonds. The molecule has 1 aliphatic rings. The highest BCUT2D eigenvalue weighted by atomic mass is 35.5. The monoisotopic (exact) mass is 350 g/mol. The van der Waals surface area contributed by atoms with Crippen LogP contribution in [0, 0.1) is 5.92 Å². The van der Waals surface area contributed by atoms with Gasteiger partial charge in [-0.3, -0.25) is 4.79 Å². The van der Waals surface area contributed by atoms with E-state index in [2.05, 4.69) is 17.6 Å². The zero-order valence-corrected chi connectivity index (χ0v) is 14.3. The number of rotatable bonds is 7. The number of carbonyl (C=O) groups excluding carboxylic acids is 1. The van der Waals surface area contributed by atoms with Gasteiger partial charge in [0.1, 0.15) is 0 Å². The van der Waals surface area contributed by atoms with Crippen molar-refractivity contribution in [2.75, 3.05) is 19.6 Å². The number of halogens is 3. The number of carbonyl (C=O) groups is 1. The second kappa shape index (κ2) is 8.84. The number of amides is 1. The summed E-state index contributed by atoms with van der Waals surface area (Å²) in [7, 11) is 0. The van der Waals surface area contributed by atoms with Crippen LogP contribution in [0.5, 0.6) is 0 Å². The lowest BCUT2D eigenvalue weighted by molar-refractivity contribution is -0.122. The van der Waals surface area contributed by atoms with Crippen molar-refractivity contribution in [3.05, 3.63) is 33.8 Å². The van der Waals surface area contributed by atoms with Crippen molar-refractivity contribution in [1.82, 2.24) is 10.6 Å². The Kier molecular flexibility index (Phi) is 7.82. The molecule has 118 valence electrons. The van der Waals surface area contributed by atoms with Gasteiger partial charge < -0.3 is 10.6 Å². The molecule has 0 aromatic heterocycles. The summed E-state index contributed by atoms with van der Waals surface area (Å²) in [5.74, 6) is 0.454. The van der Waals surface area contributed by atoms with E-state index < -0.39 is 0 Å². The summed E-state index contributed by atoms with van der Waals surface area (Å²) < 4.78 is 0. The van der Waals surface area contributed by atoms with Crippen molar-refractivity contribution in [1.29, 1.82) is 0 Å². The van der Waals surface area contributed by atoms with Gasteiger partial charge in [-0.1, -0.05) is 30.1 Å². The molecule has 0 saturated heterocycles. The predicted molar refractivity (Wildman–Crippen MR) is 90.7 cm³/mol. The summed E-state index contributed by atoms with van der Waals surface area (Å²) >= 11 is 12.0. The Labute approximate surface area is 142 Å². The van der Waals surface area contributed by atoms with Crippen LogP contribution in [-0.4, -0.2) is 25.5 Å². The van der Waals surface area contributed by atoms with Gasteiger partial charge in [-0.2, -0.15) is 0 Å². The van der Waals surface area contributed by atoms with Gasteiger partial charge >= 0.3 is 0 Å².